The van der Waals surface area contributed by atoms with E-state index in [-0.39, 0.29) is 17.8 Å². The van der Waals surface area contributed by atoms with Crippen LogP contribution in [0.2, 0.25) is 5.28 Å². The van der Waals surface area contributed by atoms with Crippen molar-refractivity contribution in [1.82, 2.24) is 15.0 Å². The van der Waals surface area contributed by atoms with Gasteiger partial charge >= 0.3 is 0 Å². The highest BCUT2D eigenvalue weighted by Gasteiger charge is 2.19. The molecule has 2 rings (SSSR count). The van der Waals surface area contributed by atoms with Gasteiger partial charge in [0.2, 0.25) is 17.2 Å². The first-order valence-corrected chi connectivity index (χ1v) is 6.30. The number of hydrogen-bond donors (Lipinski definition) is 2. The summed E-state index contributed by atoms with van der Waals surface area (Å²) < 4.78 is 24.3. The quantitative estimate of drug-likeness (QED) is 0.849. The van der Waals surface area contributed by atoms with Gasteiger partial charge < -0.3 is 15.3 Å². The minimum atomic E-state index is -2.82. The number of alkyl halides is 2. The molecule has 1 saturated heterocycles. The zero-order chi connectivity index (χ0) is 13.8. The fraction of sp³-hybridized carbons (Fsp3) is 0.700. The van der Waals surface area contributed by atoms with Gasteiger partial charge in [0.1, 0.15) is 6.10 Å². The van der Waals surface area contributed by atoms with Crippen LogP contribution in [0.15, 0.2) is 0 Å². The van der Waals surface area contributed by atoms with Crippen molar-refractivity contribution in [3.05, 3.63) is 5.28 Å². The molecule has 0 spiro atoms. The third-order valence-corrected chi connectivity index (χ3v) is 2.91. The van der Waals surface area contributed by atoms with E-state index in [2.05, 4.69) is 20.3 Å². The summed E-state index contributed by atoms with van der Waals surface area (Å²) in [4.78, 5) is 13.8. The zero-order valence-corrected chi connectivity index (χ0v) is 10.8. The lowest BCUT2D eigenvalue weighted by Gasteiger charge is -2.16. The van der Waals surface area contributed by atoms with E-state index in [9.17, 15) is 8.78 Å². The Labute approximate surface area is 113 Å². The van der Waals surface area contributed by atoms with Crippen LogP contribution in [0.25, 0.3) is 0 Å². The lowest BCUT2D eigenvalue weighted by molar-refractivity contribution is 0.00376. The van der Waals surface area contributed by atoms with Crippen LogP contribution < -0.4 is 10.2 Å². The molecule has 9 heteroatoms. The summed E-state index contributed by atoms with van der Waals surface area (Å²) in [7, 11) is 0. The van der Waals surface area contributed by atoms with Crippen molar-refractivity contribution in [3.8, 4) is 0 Å². The van der Waals surface area contributed by atoms with Gasteiger partial charge in [0.05, 0.1) is 0 Å². The van der Waals surface area contributed by atoms with Crippen LogP contribution in [0.4, 0.5) is 20.7 Å². The molecular formula is C10H14ClF2N5O. The van der Waals surface area contributed by atoms with Crippen molar-refractivity contribution >= 4 is 23.5 Å². The zero-order valence-electron chi connectivity index (χ0n) is 10.1. The first-order valence-electron chi connectivity index (χ1n) is 5.93. The average molecular weight is 294 g/mol. The molecule has 1 fully saturated rings. The van der Waals surface area contributed by atoms with Crippen molar-refractivity contribution in [2.24, 2.45) is 0 Å². The van der Waals surface area contributed by atoms with Crippen LogP contribution in [0.5, 0.6) is 0 Å². The minimum absolute atomic E-state index is 0.00839. The van der Waals surface area contributed by atoms with Crippen LogP contribution in [0.3, 0.4) is 0 Å². The largest absolute Gasteiger partial charge is 0.385 e. The Hall–Kier alpha value is -1.28. The smallest absolute Gasteiger partial charge is 0.265 e. The summed E-state index contributed by atoms with van der Waals surface area (Å²) in [5.74, 6) is 0.508. The summed E-state index contributed by atoms with van der Waals surface area (Å²) in [5, 5.41) is 11.5. The van der Waals surface area contributed by atoms with Gasteiger partial charge in [-0.05, 0) is 24.4 Å². The molecule has 6 nitrogen and oxygen atoms in total. The number of aliphatic hydroxyl groups excluding tert-OH is 1. The molecule has 0 radical (unpaired) electrons. The number of aromatic nitrogens is 3. The molecule has 1 atom stereocenters. The molecular weight excluding hydrogens is 280 g/mol. The first kappa shape index (κ1) is 14.1. The van der Waals surface area contributed by atoms with E-state index in [1.165, 1.54) is 0 Å². The summed E-state index contributed by atoms with van der Waals surface area (Å²) >= 11 is 5.77. The second kappa shape index (κ2) is 6.25. The van der Waals surface area contributed by atoms with Gasteiger partial charge in [0.15, 0.2) is 0 Å². The van der Waals surface area contributed by atoms with E-state index < -0.39 is 12.5 Å². The Kier molecular flexibility index (Phi) is 4.65. The van der Waals surface area contributed by atoms with Crippen molar-refractivity contribution in [2.75, 3.05) is 29.9 Å². The van der Waals surface area contributed by atoms with Crippen molar-refractivity contribution in [2.45, 2.75) is 25.4 Å². The molecule has 1 aromatic rings. The maximum Gasteiger partial charge on any atom is 0.265 e. The predicted molar refractivity (Wildman–Crippen MR) is 66.8 cm³/mol. The molecule has 1 unspecified atom stereocenters. The van der Waals surface area contributed by atoms with Gasteiger partial charge in [-0.1, -0.05) is 0 Å². The van der Waals surface area contributed by atoms with Gasteiger partial charge in [-0.15, -0.1) is 0 Å². The lowest BCUT2D eigenvalue weighted by atomic mass is 10.4. The highest BCUT2D eigenvalue weighted by molar-refractivity contribution is 6.28. The molecule has 0 aliphatic carbocycles. The van der Waals surface area contributed by atoms with Gasteiger partial charge in [-0.3, -0.25) is 0 Å². The monoisotopic (exact) mass is 293 g/mol. The molecule has 19 heavy (non-hydrogen) atoms. The van der Waals surface area contributed by atoms with E-state index in [4.69, 9.17) is 16.7 Å². The number of aliphatic hydroxyl groups is 1. The fourth-order valence-electron chi connectivity index (χ4n) is 1.76. The molecule has 2 N–H and O–H groups in total. The molecule has 0 bridgehead atoms. The Morgan fingerprint density at radius 2 is 1.95 bits per heavy atom. The van der Waals surface area contributed by atoms with Crippen LogP contribution in [0.1, 0.15) is 12.8 Å². The van der Waals surface area contributed by atoms with Crippen LogP contribution in [-0.2, 0) is 0 Å². The van der Waals surface area contributed by atoms with Gasteiger partial charge in [-0.25, -0.2) is 8.78 Å². The number of rotatable bonds is 5. The summed E-state index contributed by atoms with van der Waals surface area (Å²) in [6.45, 7) is 1.32. The minimum Gasteiger partial charge on any atom is -0.385 e. The first-order chi connectivity index (χ1) is 9.06. The van der Waals surface area contributed by atoms with Gasteiger partial charge in [0.25, 0.3) is 6.43 Å². The Morgan fingerprint density at radius 3 is 2.58 bits per heavy atom. The SMILES string of the molecule is OC(CNc1nc(Cl)nc(N2CCCC2)n1)C(F)F. The Morgan fingerprint density at radius 1 is 1.26 bits per heavy atom. The van der Waals surface area contributed by atoms with Crippen molar-refractivity contribution in [3.63, 3.8) is 0 Å². The highest BCUT2D eigenvalue weighted by Crippen LogP contribution is 2.18. The van der Waals surface area contributed by atoms with Crippen LogP contribution >= 0.6 is 11.6 Å². The highest BCUT2D eigenvalue weighted by atomic mass is 35.5. The summed E-state index contributed by atoms with van der Waals surface area (Å²) in [5.41, 5.74) is 0. The maximum atomic E-state index is 12.2. The lowest BCUT2D eigenvalue weighted by Crippen LogP contribution is -2.28. The molecule has 2 heterocycles. The second-order valence-corrected chi connectivity index (χ2v) is 4.54. The number of halogens is 3. The normalized spacial score (nSPS) is 17.0. The molecule has 1 aromatic heterocycles. The van der Waals surface area contributed by atoms with Crippen molar-refractivity contribution in [1.29, 1.82) is 0 Å². The second-order valence-electron chi connectivity index (χ2n) is 4.20. The van der Waals surface area contributed by atoms with E-state index in [1.807, 2.05) is 4.90 Å². The molecule has 0 saturated carbocycles. The Balaban J connectivity index is 2.04. The summed E-state index contributed by atoms with van der Waals surface area (Å²) in [6.07, 6.45) is -2.49. The van der Waals surface area contributed by atoms with Gasteiger partial charge in [0, 0.05) is 19.6 Å². The molecule has 106 valence electrons. The Bertz CT molecular complexity index is 430. The van der Waals surface area contributed by atoms with Crippen LogP contribution in [-0.4, -0.2) is 52.2 Å². The number of nitrogens with one attached hydrogen (secondary N) is 1. The number of nitrogens with zero attached hydrogens (tertiary/aromatic N) is 4. The number of hydrogen-bond acceptors (Lipinski definition) is 6. The molecule has 0 amide bonds. The van der Waals surface area contributed by atoms with Crippen molar-refractivity contribution < 1.29 is 13.9 Å². The standard InChI is InChI=1S/C10H14ClF2N5O/c11-8-15-9(14-5-6(19)7(12)13)17-10(16-8)18-3-1-2-4-18/h6-7,19H,1-5H2,(H,14,15,16,17). The maximum absolute atomic E-state index is 12.2. The van der Waals surface area contributed by atoms with E-state index in [0.717, 1.165) is 25.9 Å². The van der Waals surface area contributed by atoms with Crippen LogP contribution in [0, 0.1) is 0 Å². The number of anilines is 2. The summed E-state index contributed by atoms with van der Waals surface area (Å²) in [6, 6.07) is 0. The predicted octanol–water partition coefficient (Wildman–Crippen LogP) is 1.16. The molecule has 0 aromatic carbocycles. The average Bonchev–Trinajstić information content (AvgIpc) is 2.89. The molecule has 1 aliphatic heterocycles. The third kappa shape index (κ3) is 3.84. The fourth-order valence-corrected chi connectivity index (χ4v) is 1.92. The van der Waals surface area contributed by atoms with E-state index >= 15 is 0 Å². The van der Waals surface area contributed by atoms with E-state index in [0.29, 0.717) is 5.95 Å². The topological polar surface area (TPSA) is 74.2 Å². The van der Waals surface area contributed by atoms with E-state index in [1.54, 1.807) is 0 Å². The third-order valence-electron chi connectivity index (χ3n) is 2.75. The van der Waals surface area contributed by atoms with Gasteiger partial charge in [-0.2, -0.15) is 15.0 Å². The molecule has 1 aliphatic rings.